The Morgan fingerprint density at radius 1 is 1.38 bits per heavy atom. The van der Waals surface area contributed by atoms with Crippen LogP contribution in [0, 0.1) is 0 Å². The van der Waals surface area contributed by atoms with Crippen LogP contribution in [0.15, 0.2) is 18.2 Å². The smallest absolute Gasteiger partial charge is 0.406 e. The number of ether oxygens (including phenoxy) is 1. The van der Waals surface area contributed by atoms with Gasteiger partial charge in [-0.2, -0.15) is 0 Å². The van der Waals surface area contributed by atoms with E-state index in [0.29, 0.717) is 15.0 Å². The van der Waals surface area contributed by atoms with Crippen molar-refractivity contribution in [1.29, 1.82) is 0 Å². The summed E-state index contributed by atoms with van der Waals surface area (Å²) in [7, 11) is -0.249. The SMILES string of the molecule is O=Pc1nc2ccc(OC(F)(F)F)cc2s1. The lowest BCUT2D eigenvalue weighted by atomic mass is 10.3. The zero-order valence-corrected chi connectivity index (χ0v) is 9.20. The lowest BCUT2D eigenvalue weighted by molar-refractivity contribution is -0.274. The van der Waals surface area contributed by atoms with Gasteiger partial charge in [0.25, 0.3) is 0 Å². The number of thiazole rings is 1. The van der Waals surface area contributed by atoms with Crippen LogP contribution in [0.25, 0.3) is 10.2 Å². The number of benzene rings is 1. The fraction of sp³-hybridized carbons (Fsp3) is 0.125. The summed E-state index contributed by atoms with van der Waals surface area (Å²) in [5, 5.41) is 0. The minimum atomic E-state index is -4.71. The van der Waals surface area contributed by atoms with Crippen molar-refractivity contribution in [2.75, 3.05) is 0 Å². The monoisotopic (exact) mass is 265 g/mol. The fourth-order valence-electron chi connectivity index (χ4n) is 1.13. The summed E-state index contributed by atoms with van der Waals surface area (Å²) in [5.41, 5.74) is 0.498. The molecule has 0 amide bonds. The van der Waals surface area contributed by atoms with Gasteiger partial charge in [0.2, 0.25) is 8.46 Å². The van der Waals surface area contributed by atoms with Gasteiger partial charge < -0.3 is 4.74 Å². The highest BCUT2D eigenvalue weighted by Crippen LogP contribution is 2.28. The van der Waals surface area contributed by atoms with Crippen LogP contribution in [-0.4, -0.2) is 11.3 Å². The molecule has 3 nitrogen and oxygen atoms in total. The average Bonchev–Trinajstić information content (AvgIpc) is 2.57. The molecule has 1 aromatic carbocycles. The van der Waals surface area contributed by atoms with Crippen LogP contribution in [0.5, 0.6) is 5.75 Å². The van der Waals surface area contributed by atoms with Gasteiger partial charge in [0.05, 0.1) is 10.2 Å². The molecule has 2 rings (SSSR count). The number of halogens is 3. The summed E-state index contributed by atoms with van der Waals surface area (Å²) in [6.07, 6.45) is -4.71. The molecule has 1 aromatic heterocycles. The molecule has 8 heteroatoms. The zero-order chi connectivity index (χ0) is 11.8. The number of hydrogen-bond donors (Lipinski definition) is 0. The number of rotatable bonds is 2. The van der Waals surface area contributed by atoms with E-state index in [1.165, 1.54) is 18.2 Å². The van der Waals surface area contributed by atoms with Crippen molar-refractivity contribution in [2.24, 2.45) is 0 Å². The number of hydrogen-bond acceptors (Lipinski definition) is 4. The van der Waals surface area contributed by atoms with E-state index in [1.807, 2.05) is 0 Å². The van der Waals surface area contributed by atoms with Gasteiger partial charge in [0.1, 0.15) is 5.75 Å². The molecule has 0 spiro atoms. The molecule has 1 heterocycles. The molecule has 0 fully saturated rings. The molecule has 16 heavy (non-hydrogen) atoms. The average molecular weight is 265 g/mol. The van der Waals surface area contributed by atoms with Crippen LogP contribution in [0.1, 0.15) is 0 Å². The number of nitrogens with zero attached hydrogens (tertiary/aromatic N) is 1. The second kappa shape index (κ2) is 3.99. The van der Waals surface area contributed by atoms with E-state index in [1.54, 1.807) is 0 Å². The maximum atomic E-state index is 11.9. The van der Waals surface area contributed by atoms with Crippen LogP contribution in [0.2, 0.25) is 0 Å². The molecule has 0 saturated heterocycles. The minimum absolute atomic E-state index is 0.249. The molecule has 0 bridgehead atoms. The van der Waals surface area contributed by atoms with E-state index in [2.05, 4.69) is 9.72 Å². The lowest BCUT2D eigenvalue weighted by Gasteiger charge is -2.07. The number of aromatic nitrogens is 1. The third-order valence-corrected chi connectivity index (χ3v) is 3.23. The molecule has 0 unspecified atom stereocenters. The molecule has 0 aliphatic rings. The van der Waals surface area contributed by atoms with E-state index < -0.39 is 6.36 Å². The highest BCUT2D eigenvalue weighted by atomic mass is 32.1. The van der Waals surface area contributed by atoms with Crippen molar-refractivity contribution < 1.29 is 22.5 Å². The van der Waals surface area contributed by atoms with Crippen molar-refractivity contribution in [2.45, 2.75) is 6.36 Å². The zero-order valence-electron chi connectivity index (χ0n) is 7.49. The van der Waals surface area contributed by atoms with Gasteiger partial charge in [-0.05, 0) is 18.2 Å². The standard InChI is InChI=1S/C8H3F3NO2PS/c9-8(10,11)14-4-1-2-5-6(3-4)16-7(12-5)15-13/h1-3H. The van der Waals surface area contributed by atoms with Gasteiger partial charge in [-0.25, -0.2) is 4.98 Å². The molecular formula is C8H3F3NO2PS. The highest BCUT2D eigenvalue weighted by Gasteiger charge is 2.31. The van der Waals surface area contributed by atoms with Crippen LogP contribution < -0.4 is 9.49 Å². The Morgan fingerprint density at radius 2 is 2.12 bits per heavy atom. The van der Waals surface area contributed by atoms with Crippen molar-refractivity contribution in [1.82, 2.24) is 4.98 Å². The highest BCUT2D eigenvalue weighted by molar-refractivity contribution is 7.48. The third-order valence-electron chi connectivity index (χ3n) is 1.66. The number of fused-ring (bicyclic) bond motifs is 1. The van der Waals surface area contributed by atoms with Crippen LogP contribution in [0.3, 0.4) is 0 Å². The first-order valence-corrected chi connectivity index (χ1v) is 5.60. The minimum Gasteiger partial charge on any atom is -0.406 e. The Morgan fingerprint density at radius 3 is 2.75 bits per heavy atom. The first kappa shape index (κ1) is 11.3. The summed E-state index contributed by atoms with van der Waals surface area (Å²) in [4.78, 5) is 3.93. The summed E-state index contributed by atoms with van der Waals surface area (Å²) in [5.74, 6) is -0.308. The molecule has 0 aliphatic carbocycles. The molecule has 0 radical (unpaired) electrons. The Labute approximate surface area is 93.1 Å². The van der Waals surface area contributed by atoms with Gasteiger partial charge in [0, 0.05) is 0 Å². The largest absolute Gasteiger partial charge is 0.573 e. The van der Waals surface area contributed by atoms with Crippen molar-refractivity contribution >= 4 is 34.8 Å². The second-order valence-corrected chi connectivity index (χ2v) is 4.70. The maximum Gasteiger partial charge on any atom is 0.573 e. The van der Waals surface area contributed by atoms with E-state index in [4.69, 9.17) is 0 Å². The van der Waals surface area contributed by atoms with Gasteiger partial charge in [-0.1, -0.05) is 0 Å². The first-order valence-electron chi connectivity index (χ1n) is 3.97. The Bertz CT molecular complexity index is 540. The third kappa shape index (κ3) is 2.48. The van der Waals surface area contributed by atoms with Gasteiger partial charge >= 0.3 is 6.36 Å². The van der Waals surface area contributed by atoms with E-state index >= 15 is 0 Å². The van der Waals surface area contributed by atoms with E-state index in [9.17, 15) is 17.7 Å². The van der Waals surface area contributed by atoms with Crippen molar-refractivity contribution in [3.05, 3.63) is 18.2 Å². The van der Waals surface area contributed by atoms with Crippen LogP contribution >= 0.6 is 19.8 Å². The topological polar surface area (TPSA) is 39.2 Å². The summed E-state index contributed by atoms with van der Waals surface area (Å²) >= 11 is 1.05. The molecule has 0 saturated carbocycles. The summed E-state index contributed by atoms with van der Waals surface area (Å²) in [6, 6.07) is 3.78. The van der Waals surface area contributed by atoms with E-state index in [0.717, 1.165) is 11.3 Å². The molecule has 2 aromatic rings. The van der Waals surface area contributed by atoms with Crippen LogP contribution in [-0.2, 0) is 4.57 Å². The van der Waals surface area contributed by atoms with Crippen LogP contribution in [0.4, 0.5) is 13.2 Å². The molecule has 0 N–H and O–H groups in total. The molecular weight excluding hydrogens is 262 g/mol. The first-order chi connectivity index (χ1) is 7.48. The Hall–Kier alpha value is -1.20. The predicted octanol–water partition coefficient (Wildman–Crippen LogP) is 3.11. The van der Waals surface area contributed by atoms with Gasteiger partial charge in [-0.15, -0.1) is 24.5 Å². The number of alkyl halides is 3. The molecule has 0 atom stereocenters. The second-order valence-electron chi connectivity index (χ2n) is 2.77. The van der Waals surface area contributed by atoms with Gasteiger partial charge in [0.15, 0.2) is 4.75 Å². The molecule has 0 aliphatic heterocycles. The van der Waals surface area contributed by atoms with Crippen molar-refractivity contribution in [3.63, 3.8) is 0 Å². The predicted molar refractivity (Wildman–Crippen MR) is 53.5 cm³/mol. The summed E-state index contributed by atoms with van der Waals surface area (Å²) < 4.78 is 50.9. The lowest BCUT2D eigenvalue weighted by Crippen LogP contribution is -2.16. The molecule has 84 valence electrons. The quantitative estimate of drug-likeness (QED) is 0.783. The Balaban J connectivity index is 2.39. The van der Waals surface area contributed by atoms with Crippen molar-refractivity contribution in [3.8, 4) is 5.75 Å². The Kier molecular flexibility index (Phi) is 2.82. The van der Waals surface area contributed by atoms with E-state index in [-0.39, 0.29) is 14.2 Å². The fourth-order valence-corrected chi connectivity index (χ4v) is 2.46. The summed E-state index contributed by atoms with van der Waals surface area (Å²) in [6.45, 7) is 0. The van der Waals surface area contributed by atoms with Gasteiger partial charge in [-0.3, -0.25) is 4.57 Å². The maximum absolute atomic E-state index is 11.9. The normalized spacial score (nSPS) is 12.2.